The fraction of sp³-hybridized carbons (Fsp3) is 0.905. The van der Waals surface area contributed by atoms with Crippen LogP contribution in [0.4, 0.5) is 4.39 Å². The van der Waals surface area contributed by atoms with E-state index in [4.69, 9.17) is 0 Å². The van der Waals surface area contributed by atoms with Crippen molar-refractivity contribution in [3.05, 3.63) is 0 Å². The molecule has 0 radical (unpaired) electrons. The molecule has 0 aromatic carbocycles. The fourth-order valence-corrected chi connectivity index (χ4v) is 4.92. The molecule has 1 aliphatic heterocycles. The Morgan fingerprint density at radius 2 is 1.77 bits per heavy atom. The summed E-state index contributed by atoms with van der Waals surface area (Å²) in [7, 11) is 0. The van der Waals surface area contributed by atoms with Gasteiger partial charge in [0.1, 0.15) is 16.9 Å². The highest BCUT2D eigenvalue weighted by Gasteiger charge is 2.43. The molecule has 5 heteroatoms. The Morgan fingerprint density at radius 3 is 2.31 bits per heavy atom. The quantitative estimate of drug-likeness (QED) is 0.664. The van der Waals surface area contributed by atoms with Crippen molar-refractivity contribution in [2.75, 3.05) is 26.2 Å². The largest absolute Gasteiger partial charge is 0.355 e. The molecular weight excluding hydrogens is 331 g/mol. The van der Waals surface area contributed by atoms with Gasteiger partial charge in [-0.1, -0.05) is 32.6 Å². The Hall–Kier alpha value is -0.970. The van der Waals surface area contributed by atoms with Crippen LogP contribution in [0.1, 0.15) is 72.6 Å². The lowest BCUT2D eigenvalue weighted by Gasteiger charge is -2.33. The normalized spacial score (nSPS) is 26.7. The number of hydrogen-bond acceptors (Lipinski definition) is 3. The molecule has 1 saturated heterocycles. The molecule has 1 heterocycles. The number of likely N-dealkylation sites (tertiary alicyclic amines) is 1. The summed E-state index contributed by atoms with van der Waals surface area (Å²) in [4.78, 5) is 27.1. The van der Waals surface area contributed by atoms with E-state index in [1.807, 2.05) is 0 Å². The van der Waals surface area contributed by atoms with Crippen LogP contribution in [0.25, 0.3) is 0 Å². The maximum atomic E-state index is 14.0. The van der Waals surface area contributed by atoms with E-state index >= 15 is 0 Å². The highest BCUT2D eigenvalue weighted by molar-refractivity contribution is 6.05. The number of Topliss-reactive ketones (excluding diaryl/α,β-unsaturated/α-hetero) is 1. The van der Waals surface area contributed by atoms with Gasteiger partial charge in [0.15, 0.2) is 0 Å². The van der Waals surface area contributed by atoms with E-state index in [9.17, 15) is 14.0 Å². The lowest BCUT2D eigenvalue weighted by atomic mass is 9.70. The summed E-state index contributed by atoms with van der Waals surface area (Å²) >= 11 is 0. The molecule has 0 aromatic rings. The predicted molar refractivity (Wildman–Crippen MR) is 103 cm³/mol. The molecule has 2 aliphatic rings. The van der Waals surface area contributed by atoms with Gasteiger partial charge in [-0.3, -0.25) is 14.5 Å². The molecule has 2 fully saturated rings. The van der Waals surface area contributed by atoms with E-state index in [0.717, 1.165) is 45.2 Å². The molecule has 0 spiro atoms. The summed E-state index contributed by atoms with van der Waals surface area (Å²) in [5, 5.41) is 3.06. The van der Waals surface area contributed by atoms with Gasteiger partial charge in [-0.2, -0.15) is 0 Å². The van der Waals surface area contributed by atoms with E-state index in [1.54, 1.807) is 20.8 Å². The zero-order chi connectivity index (χ0) is 19.4. The predicted octanol–water partition coefficient (Wildman–Crippen LogP) is 3.74. The minimum absolute atomic E-state index is 0.0124. The molecule has 26 heavy (non-hydrogen) atoms. The zero-order valence-corrected chi connectivity index (χ0v) is 17.1. The molecular formula is C21H37FN2O2. The van der Waals surface area contributed by atoms with Crippen LogP contribution in [-0.4, -0.2) is 48.4 Å². The lowest BCUT2D eigenvalue weighted by Crippen LogP contribution is -2.47. The second kappa shape index (κ2) is 8.81. The van der Waals surface area contributed by atoms with Crippen molar-refractivity contribution in [2.45, 2.75) is 78.3 Å². The number of amides is 1. The third-order valence-corrected chi connectivity index (χ3v) is 6.39. The van der Waals surface area contributed by atoms with E-state index in [1.165, 1.54) is 0 Å². The van der Waals surface area contributed by atoms with Gasteiger partial charge >= 0.3 is 0 Å². The number of carbonyl (C=O) groups is 2. The summed E-state index contributed by atoms with van der Waals surface area (Å²) in [6.45, 7) is 9.94. The Morgan fingerprint density at radius 1 is 1.15 bits per heavy atom. The number of halogens is 1. The Labute approximate surface area is 158 Å². The maximum Gasteiger partial charge on any atom is 0.233 e. The van der Waals surface area contributed by atoms with Gasteiger partial charge in [0.25, 0.3) is 0 Å². The van der Waals surface area contributed by atoms with Crippen molar-refractivity contribution in [2.24, 2.45) is 17.3 Å². The lowest BCUT2D eigenvalue weighted by molar-refractivity contribution is -0.143. The van der Waals surface area contributed by atoms with Crippen molar-refractivity contribution >= 4 is 11.7 Å². The van der Waals surface area contributed by atoms with Crippen LogP contribution in [0.3, 0.4) is 0 Å². The Bertz CT molecular complexity index is 495. The van der Waals surface area contributed by atoms with E-state index in [-0.39, 0.29) is 11.7 Å². The van der Waals surface area contributed by atoms with Crippen LogP contribution in [-0.2, 0) is 9.59 Å². The van der Waals surface area contributed by atoms with Gasteiger partial charge in [0.2, 0.25) is 5.91 Å². The Balaban J connectivity index is 1.85. The maximum absolute atomic E-state index is 14.0. The number of carbonyl (C=O) groups excluding carboxylic acids is 2. The van der Waals surface area contributed by atoms with Gasteiger partial charge in [-0.05, 0) is 51.9 Å². The first-order valence-electron chi connectivity index (χ1n) is 10.4. The summed E-state index contributed by atoms with van der Waals surface area (Å²) in [5.74, 6) is 0.990. The SMILES string of the molecule is CCC1CN(CC(C)(C)F)C[C@H]1CCNC(=O)C1(C(C)=O)CCCCC1. The molecule has 150 valence electrons. The topological polar surface area (TPSA) is 49.4 Å². The summed E-state index contributed by atoms with van der Waals surface area (Å²) < 4.78 is 14.0. The minimum atomic E-state index is -1.17. The Kier molecular flexibility index (Phi) is 7.23. The standard InChI is InChI=1S/C21H37FN2O2/c1-5-17-13-24(15-20(3,4)22)14-18(17)9-12-23-19(26)21(16(2)25)10-7-6-8-11-21/h17-18H,5-15H2,1-4H3,(H,23,26)/t17?,18-/m1/s1. The molecule has 1 amide bonds. The first kappa shape index (κ1) is 21.3. The van der Waals surface area contributed by atoms with Crippen LogP contribution in [0.5, 0.6) is 0 Å². The van der Waals surface area contributed by atoms with E-state index in [0.29, 0.717) is 37.8 Å². The van der Waals surface area contributed by atoms with Crippen LogP contribution >= 0.6 is 0 Å². The molecule has 1 N–H and O–H groups in total. The monoisotopic (exact) mass is 368 g/mol. The number of hydrogen-bond donors (Lipinski definition) is 1. The highest BCUT2D eigenvalue weighted by atomic mass is 19.1. The van der Waals surface area contributed by atoms with Crippen molar-refractivity contribution < 1.29 is 14.0 Å². The van der Waals surface area contributed by atoms with Crippen molar-refractivity contribution in [1.29, 1.82) is 0 Å². The first-order chi connectivity index (χ1) is 12.2. The van der Waals surface area contributed by atoms with Gasteiger partial charge in [0.05, 0.1) is 0 Å². The summed E-state index contributed by atoms with van der Waals surface area (Å²) in [5.41, 5.74) is -1.96. The number of alkyl halides is 1. The molecule has 1 saturated carbocycles. The third-order valence-electron chi connectivity index (χ3n) is 6.39. The third kappa shape index (κ3) is 5.28. The number of rotatable bonds is 8. The van der Waals surface area contributed by atoms with Crippen LogP contribution in [0.15, 0.2) is 0 Å². The highest BCUT2D eigenvalue weighted by Crippen LogP contribution is 2.37. The smallest absolute Gasteiger partial charge is 0.233 e. The average Bonchev–Trinajstić information content (AvgIpc) is 2.94. The van der Waals surface area contributed by atoms with Gasteiger partial charge in [-0.25, -0.2) is 4.39 Å². The van der Waals surface area contributed by atoms with Crippen molar-refractivity contribution in [3.63, 3.8) is 0 Å². The molecule has 0 bridgehead atoms. The van der Waals surface area contributed by atoms with Crippen LogP contribution < -0.4 is 5.32 Å². The van der Waals surface area contributed by atoms with E-state index < -0.39 is 11.1 Å². The second-order valence-corrected chi connectivity index (χ2v) is 9.08. The van der Waals surface area contributed by atoms with Crippen LogP contribution in [0, 0.1) is 17.3 Å². The van der Waals surface area contributed by atoms with Crippen LogP contribution in [0.2, 0.25) is 0 Å². The summed E-state index contributed by atoms with van der Waals surface area (Å²) in [6.07, 6.45) is 6.40. The molecule has 1 aliphatic carbocycles. The van der Waals surface area contributed by atoms with Gasteiger partial charge < -0.3 is 5.32 Å². The summed E-state index contributed by atoms with van der Waals surface area (Å²) in [6, 6.07) is 0. The number of ketones is 1. The molecule has 0 aromatic heterocycles. The molecule has 4 nitrogen and oxygen atoms in total. The van der Waals surface area contributed by atoms with E-state index in [2.05, 4.69) is 17.1 Å². The van der Waals surface area contributed by atoms with Crippen molar-refractivity contribution in [3.8, 4) is 0 Å². The fourth-order valence-electron chi connectivity index (χ4n) is 4.92. The molecule has 1 unspecified atom stereocenters. The zero-order valence-electron chi connectivity index (χ0n) is 17.1. The number of nitrogens with zero attached hydrogens (tertiary/aromatic N) is 1. The van der Waals surface area contributed by atoms with Gasteiger partial charge in [-0.15, -0.1) is 0 Å². The van der Waals surface area contributed by atoms with Crippen molar-refractivity contribution in [1.82, 2.24) is 10.2 Å². The number of nitrogens with one attached hydrogen (secondary N) is 1. The molecule has 2 atom stereocenters. The molecule has 2 rings (SSSR count). The second-order valence-electron chi connectivity index (χ2n) is 9.08. The van der Waals surface area contributed by atoms with Gasteiger partial charge in [0, 0.05) is 26.2 Å². The average molecular weight is 369 g/mol. The minimum Gasteiger partial charge on any atom is -0.355 e. The first-order valence-corrected chi connectivity index (χ1v) is 10.4.